The molecule has 0 aliphatic rings. The number of aromatic nitrogens is 3. The first-order chi connectivity index (χ1) is 14.9. The van der Waals surface area contributed by atoms with Gasteiger partial charge in [0.15, 0.2) is 5.65 Å². The fourth-order valence-corrected chi connectivity index (χ4v) is 3.81. The molecule has 2 aromatic carbocycles. The monoisotopic (exact) mass is 436 g/mol. The summed E-state index contributed by atoms with van der Waals surface area (Å²) in [5, 5.41) is 0.602. The number of para-hydroxylation sites is 2. The minimum atomic E-state index is -0.490. The number of halogens is 1. The molecule has 0 aliphatic carbocycles. The van der Waals surface area contributed by atoms with Gasteiger partial charge in [-0.25, -0.2) is 14.8 Å². The van der Waals surface area contributed by atoms with Gasteiger partial charge in [-0.3, -0.25) is 4.57 Å². The topological polar surface area (TPSA) is 83.0 Å². The fourth-order valence-electron chi connectivity index (χ4n) is 3.64. The second-order valence-electron chi connectivity index (χ2n) is 7.69. The first-order valence-corrected chi connectivity index (χ1v) is 10.8. The summed E-state index contributed by atoms with van der Waals surface area (Å²) in [6.07, 6.45) is 1.88. The molecule has 0 atom stereocenters. The van der Waals surface area contributed by atoms with Crippen LogP contribution in [-0.4, -0.2) is 27.1 Å². The predicted octanol–water partition coefficient (Wildman–Crippen LogP) is 5.71. The van der Waals surface area contributed by atoms with Crippen LogP contribution in [-0.2, 0) is 4.74 Å². The molecular weight excluding hydrogens is 412 g/mol. The second kappa shape index (κ2) is 8.55. The summed E-state index contributed by atoms with van der Waals surface area (Å²) >= 11 is 6.37. The number of carbonyl (C=O) groups excluding carboxylic acids is 1. The van der Waals surface area contributed by atoms with Gasteiger partial charge >= 0.3 is 5.97 Å². The molecule has 0 spiro atoms. The molecule has 6 nitrogen and oxygen atoms in total. The quantitative estimate of drug-likeness (QED) is 0.391. The Morgan fingerprint density at radius 3 is 2.45 bits per heavy atom. The van der Waals surface area contributed by atoms with Crippen LogP contribution < -0.4 is 5.73 Å². The highest BCUT2D eigenvalue weighted by Crippen LogP contribution is 2.33. The minimum Gasteiger partial charge on any atom is -0.462 e. The van der Waals surface area contributed by atoms with E-state index in [1.807, 2.05) is 49.4 Å². The van der Waals surface area contributed by atoms with Crippen LogP contribution in [0.5, 0.6) is 0 Å². The first-order valence-electron chi connectivity index (χ1n) is 10.4. The summed E-state index contributed by atoms with van der Waals surface area (Å²) in [6, 6.07) is 13.1. The number of nitrogen functional groups attached to an aromatic ring is 1. The van der Waals surface area contributed by atoms with E-state index in [9.17, 15) is 4.79 Å². The summed E-state index contributed by atoms with van der Waals surface area (Å²) in [7, 11) is 0. The van der Waals surface area contributed by atoms with Gasteiger partial charge in [-0.1, -0.05) is 56.5 Å². The van der Waals surface area contributed by atoms with Crippen molar-refractivity contribution in [1.29, 1.82) is 0 Å². The van der Waals surface area contributed by atoms with Crippen molar-refractivity contribution in [3.05, 3.63) is 58.6 Å². The van der Waals surface area contributed by atoms with E-state index in [1.165, 1.54) is 0 Å². The highest BCUT2D eigenvalue weighted by atomic mass is 35.5. The van der Waals surface area contributed by atoms with Crippen LogP contribution >= 0.6 is 11.6 Å². The number of anilines is 1. The highest BCUT2D eigenvalue weighted by molar-refractivity contribution is 6.31. The Bertz CT molecular complexity index is 1280. The van der Waals surface area contributed by atoms with Crippen LogP contribution in [0.25, 0.3) is 27.9 Å². The maximum atomic E-state index is 13.1. The van der Waals surface area contributed by atoms with Gasteiger partial charge < -0.3 is 10.5 Å². The number of fused-ring (bicyclic) bond motifs is 2. The maximum absolute atomic E-state index is 13.1. The number of nitrogens with two attached hydrogens (primary N) is 1. The number of rotatable bonds is 6. The lowest BCUT2D eigenvalue weighted by molar-refractivity contribution is 0.0436. The standard InChI is InChI=1S/C24H25ClN4O2/c1-4-15(5-2)13-31-24(30)20-21-23(28-19-9-7-6-8-18(19)27-21)29(22(20)26)16-11-10-14(3)17(25)12-16/h6-12,15H,4-5,13,26H2,1-3H3. The van der Waals surface area contributed by atoms with Gasteiger partial charge in [0, 0.05) is 5.02 Å². The molecule has 4 rings (SSSR count). The number of benzene rings is 2. The summed E-state index contributed by atoms with van der Waals surface area (Å²) in [6.45, 7) is 6.44. The maximum Gasteiger partial charge on any atom is 0.344 e. The summed E-state index contributed by atoms with van der Waals surface area (Å²) in [5.74, 6) is 0.0528. The van der Waals surface area contributed by atoms with Crippen LogP contribution in [0.4, 0.5) is 5.82 Å². The SMILES string of the molecule is CCC(CC)COC(=O)c1c(N)n(-c2ccc(C)c(Cl)c2)c2nc3ccccc3nc12. The smallest absolute Gasteiger partial charge is 0.344 e. The zero-order chi connectivity index (χ0) is 22.1. The van der Waals surface area contributed by atoms with Crippen molar-refractivity contribution in [2.24, 2.45) is 5.92 Å². The van der Waals surface area contributed by atoms with E-state index in [2.05, 4.69) is 13.8 Å². The minimum absolute atomic E-state index is 0.232. The third kappa shape index (κ3) is 3.83. The molecule has 0 unspecified atom stereocenters. The van der Waals surface area contributed by atoms with Crippen molar-refractivity contribution < 1.29 is 9.53 Å². The molecule has 0 radical (unpaired) electrons. The summed E-state index contributed by atoms with van der Waals surface area (Å²) < 4.78 is 7.36. The number of hydrogen-bond donors (Lipinski definition) is 1. The second-order valence-corrected chi connectivity index (χ2v) is 8.10. The number of nitrogens with zero attached hydrogens (tertiary/aromatic N) is 3. The number of carbonyl (C=O) groups is 1. The Labute approximate surface area is 186 Å². The normalized spacial score (nSPS) is 11.5. The molecule has 0 saturated carbocycles. The molecule has 160 valence electrons. The number of aryl methyl sites for hydroxylation is 1. The zero-order valence-electron chi connectivity index (χ0n) is 17.9. The van der Waals surface area contributed by atoms with Crippen molar-refractivity contribution >= 4 is 45.6 Å². The van der Waals surface area contributed by atoms with Crippen LogP contribution in [0.3, 0.4) is 0 Å². The van der Waals surface area contributed by atoms with Crippen molar-refractivity contribution in [3.8, 4) is 5.69 Å². The van der Waals surface area contributed by atoms with Gasteiger partial charge in [-0.2, -0.15) is 0 Å². The third-order valence-electron chi connectivity index (χ3n) is 5.72. The zero-order valence-corrected chi connectivity index (χ0v) is 18.6. The molecule has 0 saturated heterocycles. The molecule has 31 heavy (non-hydrogen) atoms. The lowest BCUT2D eigenvalue weighted by Crippen LogP contribution is -2.15. The van der Waals surface area contributed by atoms with Crippen molar-refractivity contribution in [2.75, 3.05) is 12.3 Å². The molecule has 2 N–H and O–H groups in total. The van der Waals surface area contributed by atoms with E-state index >= 15 is 0 Å². The fraction of sp³-hybridized carbons (Fsp3) is 0.292. The Kier molecular flexibility index (Phi) is 5.83. The van der Waals surface area contributed by atoms with Crippen molar-refractivity contribution in [2.45, 2.75) is 33.6 Å². The van der Waals surface area contributed by atoms with Crippen LogP contribution in [0.2, 0.25) is 5.02 Å². The average molecular weight is 437 g/mol. The molecule has 4 aromatic rings. The van der Waals surface area contributed by atoms with Crippen molar-refractivity contribution in [3.63, 3.8) is 0 Å². The van der Waals surface area contributed by atoms with E-state index in [0.717, 1.165) is 18.4 Å². The number of esters is 1. The lowest BCUT2D eigenvalue weighted by atomic mass is 10.1. The van der Waals surface area contributed by atoms with E-state index in [-0.39, 0.29) is 11.4 Å². The van der Waals surface area contributed by atoms with Crippen LogP contribution in [0.1, 0.15) is 42.6 Å². The first kappa shape index (κ1) is 21.1. The predicted molar refractivity (Wildman–Crippen MR) is 125 cm³/mol. The average Bonchev–Trinajstić information content (AvgIpc) is 3.05. The number of ether oxygens (including phenoxy) is 1. The van der Waals surface area contributed by atoms with E-state index in [0.29, 0.717) is 45.4 Å². The summed E-state index contributed by atoms with van der Waals surface area (Å²) in [4.78, 5) is 22.6. The van der Waals surface area contributed by atoms with E-state index in [4.69, 9.17) is 32.0 Å². The van der Waals surface area contributed by atoms with Gasteiger partial charge in [0.05, 0.1) is 23.3 Å². The molecule has 0 aliphatic heterocycles. The third-order valence-corrected chi connectivity index (χ3v) is 6.13. The van der Waals surface area contributed by atoms with Gasteiger partial charge in [0.25, 0.3) is 0 Å². The molecule has 0 amide bonds. The Morgan fingerprint density at radius 1 is 1.13 bits per heavy atom. The molecule has 0 fully saturated rings. The lowest BCUT2D eigenvalue weighted by Gasteiger charge is -2.13. The Balaban J connectivity index is 1.92. The number of hydrogen-bond acceptors (Lipinski definition) is 5. The van der Waals surface area contributed by atoms with Crippen LogP contribution in [0, 0.1) is 12.8 Å². The highest BCUT2D eigenvalue weighted by Gasteiger charge is 2.26. The Hall–Kier alpha value is -3.12. The van der Waals surface area contributed by atoms with E-state index < -0.39 is 5.97 Å². The molecule has 0 bridgehead atoms. The molecule has 2 heterocycles. The molecular formula is C24H25ClN4O2. The Morgan fingerprint density at radius 2 is 1.81 bits per heavy atom. The molecule has 7 heteroatoms. The van der Waals surface area contributed by atoms with Crippen molar-refractivity contribution in [1.82, 2.24) is 14.5 Å². The molecule has 2 aromatic heterocycles. The van der Waals surface area contributed by atoms with Gasteiger partial charge in [-0.05, 0) is 42.7 Å². The largest absolute Gasteiger partial charge is 0.462 e. The van der Waals surface area contributed by atoms with Gasteiger partial charge in [0.1, 0.15) is 16.9 Å². The summed E-state index contributed by atoms with van der Waals surface area (Å²) in [5.41, 5.74) is 10.7. The van der Waals surface area contributed by atoms with Gasteiger partial charge in [0.2, 0.25) is 0 Å². The van der Waals surface area contributed by atoms with Crippen LogP contribution in [0.15, 0.2) is 42.5 Å². The van der Waals surface area contributed by atoms with E-state index in [1.54, 1.807) is 4.57 Å². The van der Waals surface area contributed by atoms with Gasteiger partial charge in [-0.15, -0.1) is 0 Å².